The van der Waals surface area contributed by atoms with Gasteiger partial charge in [0.25, 0.3) is 0 Å². The van der Waals surface area contributed by atoms with E-state index in [0.29, 0.717) is 5.57 Å². The van der Waals surface area contributed by atoms with Crippen LogP contribution >= 0.6 is 15.9 Å². The van der Waals surface area contributed by atoms with Crippen LogP contribution in [0.25, 0.3) is 0 Å². The molecule has 0 saturated heterocycles. The van der Waals surface area contributed by atoms with E-state index in [1.807, 2.05) is 24.3 Å². The lowest BCUT2D eigenvalue weighted by Crippen LogP contribution is -2.42. The standard InChI is InChI=1S/C13H13BrN2O3/c1-2-19-12(17)10-7-15-13(18)16-11(10)8-3-5-9(14)6-4-8/h3-7,11H,2H2,1H3,(H2,15,16,18). The fourth-order valence-corrected chi connectivity index (χ4v) is 2.05. The van der Waals surface area contributed by atoms with Crippen LogP contribution in [-0.4, -0.2) is 18.6 Å². The highest BCUT2D eigenvalue weighted by molar-refractivity contribution is 9.10. The van der Waals surface area contributed by atoms with Crippen LogP contribution in [0.1, 0.15) is 18.5 Å². The molecule has 5 nitrogen and oxygen atoms in total. The summed E-state index contributed by atoms with van der Waals surface area (Å²) in [6.07, 6.45) is 1.39. The third-order valence-electron chi connectivity index (χ3n) is 2.66. The predicted octanol–water partition coefficient (Wildman–Crippen LogP) is 2.25. The van der Waals surface area contributed by atoms with Crippen molar-refractivity contribution in [3.8, 4) is 0 Å². The summed E-state index contributed by atoms with van der Waals surface area (Å²) in [7, 11) is 0. The zero-order valence-corrected chi connectivity index (χ0v) is 11.9. The van der Waals surface area contributed by atoms with Crippen molar-refractivity contribution in [3.05, 3.63) is 46.1 Å². The van der Waals surface area contributed by atoms with Crippen LogP contribution in [0, 0.1) is 0 Å². The van der Waals surface area contributed by atoms with Crippen LogP contribution in [0.3, 0.4) is 0 Å². The van der Waals surface area contributed by atoms with Crippen molar-refractivity contribution in [1.82, 2.24) is 10.6 Å². The number of nitrogens with one attached hydrogen (secondary N) is 2. The van der Waals surface area contributed by atoms with E-state index < -0.39 is 12.0 Å². The zero-order chi connectivity index (χ0) is 13.8. The minimum atomic E-state index is -0.499. The van der Waals surface area contributed by atoms with Crippen molar-refractivity contribution in [3.63, 3.8) is 0 Å². The number of urea groups is 1. The average Bonchev–Trinajstić information content (AvgIpc) is 2.39. The summed E-state index contributed by atoms with van der Waals surface area (Å²) in [4.78, 5) is 23.3. The molecule has 19 heavy (non-hydrogen) atoms. The highest BCUT2D eigenvalue weighted by Crippen LogP contribution is 2.25. The topological polar surface area (TPSA) is 67.4 Å². The lowest BCUT2D eigenvalue weighted by atomic mass is 9.98. The maximum atomic E-state index is 11.9. The predicted molar refractivity (Wildman–Crippen MR) is 73.3 cm³/mol. The van der Waals surface area contributed by atoms with E-state index >= 15 is 0 Å². The van der Waals surface area contributed by atoms with E-state index in [9.17, 15) is 9.59 Å². The fraction of sp³-hybridized carbons (Fsp3) is 0.231. The van der Waals surface area contributed by atoms with Gasteiger partial charge < -0.3 is 15.4 Å². The van der Waals surface area contributed by atoms with Crippen LogP contribution in [0.2, 0.25) is 0 Å². The minimum Gasteiger partial charge on any atom is -0.463 e. The van der Waals surface area contributed by atoms with Crippen LogP contribution < -0.4 is 10.6 Å². The highest BCUT2D eigenvalue weighted by Gasteiger charge is 2.28. The number of halogens is 1. The van der Waals surface area contributed by atoms with Gasteiger partial charge in [0.05, 0.1) is 18.2 Å². The molecule has 0 fully saturated rings. The summed E-state index contributed by atoms with van der Waals surface area (Å²) in [5, 5.41) is 5.17. The molecule has 2 rings (SSSR count). The van der Waals surface area contributed by atoms with Crippen molar-refractivity contribution in [2.75, 3.05) is 6.61 Å². The van der Waals surface area contributed by atoms with E-state index in [1.54, 1.807) is 6.92 Å². The molecule has 2 N–H and O–H groups in total. The highest BCUT2D eigenvalue weighted by atomic mass is 79.9. The number of ether oxygens (including phenoxy) is 1. The first-order valence-electron chi connectivity index (χ1n) is 5.81. The first-order valence-corrected chi connectivity index (χ1v) is 6.60. The van der Waals surface area contributed by atoms with Gasteiger partial charge in [-0.05, 0) is 24.6 Å². The molecular weight excluding hydrogens is 312 g/mol. The Labute approximate surface area is 119 Å². The molecule has 0 aromatic heterocycles. The number of hydrogen-bond donors (Lipinski definition) is 2. The van der Waals surface area contributed by atoms with Crippen LogP contribution in [-0.2, 0) is 9.53 Å². The lowest BCUT2D eigenvalue weighted by molar-refractivity contribution is -0.139. The van der Waals surface area contributed by atoms with Gasteiger partial charge in [-0.15, -0.1) is 0 Å². The Morgan fingerprint density at radius 1 is 1.37 bits per heavy atom. The summed E-state index contributed by atoms with van der Waals surface area (Å²) in [6.45, 7) is 2.03. The second kappa shape index (κ2) is 5.88. The van der Waals surface area contributed by atoms with Crippen molar-refractivity contribution in [1.29, 1.82) is 0 Å². The van der Waals surface area contributed by atoms with Crippen LogP contribution in [0.15, 0.2) is 40.5 Å². The quantitative estimate of drug-likeness (QED) is 0.838. The van der Waals surface area contributed by atoms with E-state index in [-0.39, 0.29) is 12.6 Å². The van der Waals surface area contributed by atoms with Gasteiger partial charge in [0.1, 0.15) is 0 Å². The van der Waals surface area contributed by atoms with Gasteiger partial charge >= 0.3 is 12.0 Å². The van der Waals surface area contributed by atoms with Gasteiger partial charge in [-0.1, -0.05) is 28.1 Å². The second-order valence-electron chi connectivity index (χ2n) is 3.92. The van der Waals surface area contributed by atoms with Crippen molar-refractivity contribution >= 4 is 27.9 Å². The number of rotatable bonds is 3. The molecule has 1 aliphatic heterocycles. The van der Waals surface area contributed by atoms with Crippen molar-refractivity contribution in [2.24, 2.45) is 0 Å². The van der Waals surface area contributed by atoms with Gasteiger partial charge in [-0.2, -0.15) is 0 Å². The molecule has 1 aromatic rings. The average molecular weight is 325 g/mol. The Balaban J connectivity index is 2.31. The summed E-state index contributed by atoms with van der Waals surface area (Å²) >= 11 is 3.34. The normalized spacial score (nSPS) is 18.1. The summed E-state index contributed by atoms with van der Waals surface area (Å²) in [5.74, 6) is -0.442. The molecule has 1 unspecified atom stereocenters. The van der Waals surface area contributed by atoms with Gasteiger partial charge in [-0.3, -0.25) is 0 Å². The van der Waals surface area contributed by atoms with Crippen molar-refractivity contribution in [2.45, 2.75) is 13.0 Å². The first kappa shape index (κ1) is 13.6. The minimum absolute atomic E-state index is 0.289. The summed E-state index contributed by atoms with van der Waals surface area (Å²) < 4.78 is 5.91. The van der Waals surface area contributed by atoms with Gasteiger partial charge in [0.15, 0.2) is 0 Å². The molecule has 6 heteroatoms. The molecule has 0 saturated carbocycles. The Hall–Kier alpha value is -1.82. The Kier molecular flexibility index (Phi) is 4.21. The SMILES string of the molecule is CCOC(=O)C1=CNC(=O)NC1c1ccc(Br)cc1. The number of hydrogen-bond acceptors (Lipinski definition) is 3. The molecular formula is C13H13BrN2O3. The zero-order valence-electron chi connectivity index (χ0n) is 10.3. The van der Waals surface area contributed by atoms with Gasteiger partial charge in [0, 0.05) is 10.7 Å². The molecule has 100 valence electrons. The number of amides is 2. The van der Waals surface area contributed by atoms with E-state index in [2.05, 4.69) is 26.6 Å². The van der Waals surface area contributed by atoms with Gasteiger partial charge in [-0.25, -0.2) is 9.59 Å². The molecule has 1 atom stereocenters. The second-order valence-corrected chi connectivity index (χ2v) is 4.84. The molecule has 1 aromatic carbocycles. The van der Waals surface area contributed by atoms with Crippen molar-refractivity contribution < 1.29 is 14.3 Å². The number of carbonyl (C=O) groups excluding carboxylic acids is 2. The summed E-state index contributed by atoms with van der Waals surface area (Å²) in [5.41, 5.74) is 1.20. The maximum Gasteiger partial charge on any atom is 0.337 e. The third kappa shape index (κ3) is 3.14. The molecule has 0 radical (unpaired) electrons. The molecule has 0 bridgehead atoms. The monoisotopic (exact) mass is 324 g/mol. The maximum absolute atomic E-state index is 11.9. The summed E-state index contributed by atoms with van der Waals surface area (Å²) in [6, 6.07) is 6.54. The van der Waals surface area contributed by atoms with Crippen LogP contribution in [0.4, 0.5) is 4.79 Å². The Morgan fingerprint density at radius 3 is 2.68 bits per heavy atom. The molecule has 1 heterocycles. The fourth-order valence-electron chi connectivity index (χ4n) is 1.79. The number of esters is 1. The Bertz CT molecular complexity index is 525. The smallest absolute Gasteiger partial charge is 0.337 e. The largest absolute Gasteiger partial charge is 0.463 e. The van der Waals surface area contributed by atoms with Crippen LogP contribution in [0.5, 0.6) is 0 Å². The first-order chi connectivity index (χ1) is 9.11. The third-order valence-corrected chi connectivity index (χ3v) is 3.19. The number of benzene rings is 1. The van der Waals surface area contributed by atoms with E-state index in [1.165, 1.54) is 6.20 Å². The molecule has 0 spiro atoms. The molecule has 2 amide bonds. The van der Waals surface area contributed by atoms with E-state index in [0.717, 1.165) is 10.0 Å². The molecule has 0 aliphatic carbocycles. The Morgan fingerprint density at radius 2 is 2.05 bits per heavy atom. The molecule has 1 aliphatic rings. The lowest BCUT2D eigenvalue weighted by Gasteiger charge is -2.25. The van der Waals surface area contributed by atoms with E-state index in [4.69, 9.17) is 4.74 Å². The van der Waals surface area contributed by atoms with Gasteiger partial charge in [0.2, 0.25) is 0 Å². The number of carbonyl (C=O) groups is 2.